The zero-order valence-corrected chi connectivity index (χ0v) is 19.3. The van der Waals surface area contributed by atoms with E-state index in [0.29, 0.717) is 54.6 Å². The average molecular weight is 493 g/mol. The fourth-order valence-corrected chi connectivity index (χ4v) is 5.10. The molecule has 36 heavy (non-hydrogen) atoms. The van der Waals surface area contributed by atoms with Crippen molar-refractivity contribution in [2.45, 2.75) is 38.0 Å². The molecule has 1 fully saturated rings. The first kappa shape index (κ1) is 22.5. The highest BCUT2D eigenvalue weighted by atomic mass is 19.2. The molecule has 2 aromatic carbocycles. The Labute approximate surface area is 204 Å². The standard InChI is InChI=1S/C26H22F3N5O2/c27-17-6-1-4-15(12-17)24-30-25(36-32-24)16-5-3-11-33(14-16)26(35)23-19-7-2-8-22(19)34(31-23)18-9-10-20(28)21(29)13-18/h1,4,6,9-10,12-13,16H,2-3,5,7-8,11,14H2. The number of amides is 1. The molecule has 1 unspecified atom stereocenters. The molecule has 1 aliphatic heterocycles. The highest BCUT2D eigenvalue weighted by molar-refractivity contribution is 5.94. The summed E-state index contributed by atoms with van der Waals surface area (Å²) in [5.41, 5.74) is 2.97. The summed E-state index contributed by atoms with van der Waals surface area (Å²) >= 11 is 0. The van der Waals surface area contributed by atoms with E-state index in [1.165, 1.54) is 18.2 Å². The van der Waals surface area contributed by atoms with E-state index in [1.54, 1.807) is 21.7 Å². The van der Waals surface area contributed by atoms with Crippen LogP contribution in [0.4, 0.5) is 13.2 Å². The Bertz CT molecular complexity index is 1460. The molecule has 6 rings (SSSR count). The number of aromatic nitrogens is 4. The van der Waals surface area contributed by atoms with Crippen molar-refractivity contribution in [1.29, 1.82) is 0 Å². The van der Waals surface area contributed by atoms with E-state index < -0.39 is 11.6 Å². The van der Waals surface area contributed by atoms with E-state index in [-0.39, 0.29) is 17.6 Å². The summed E-state index contributed by atoms with van der Waals surface area (Å²) < 4.78 is 48.0. The SMILES string of the molecule is O=C(c1nn(-c2ccc(F)c(F)c2)c2c1CCC2)N1CCCC(c2nc(-c3cccc(F)c3)no2)C1. The molecule has 1 amide bonds. The molecule has 0 N–H and O–H groups in total. The molecule has 1 atom stereocenters. The maximum Gasteiger partial charge on any atom is 0.274 e. The number of nitrogens with zero attached hydrogens (tertiary/aromatic N) is 5. The number of fused-ring (bicyclic) bond motifs is 1. The van der Waals surface area contributed by atoms with Crippen LogP contribution in [0.5, 0.6) is 0 Å². The molecule has 2 aliphatic rings. The topological polar surface area (TPSA) is 77.1 Å². The Morgan fingerprint density at radius 1 is 1.03 bits per heavy atom. The van der Waals surface area contributed by atoms with Crippen molar-refractivity contribution in [3.63, 3.8) is 0 Å². The van der Waals surface area contributed by atoms with Gasteiger partial charge in [0.15, 0.2) is 17.3 Å². The molecule has 10 heteroatoms. The Morgan fingerprint density at radius 3 is 2.75 bits per heavy atom. The minimum atomic E-state index is -0.960. The van der Waals surface area contributed by atoms with Gasteiger partial charge in [-0.25, -0.2) is 17.9 Å². The van der Waals surface area contributed by atoms with Crippen LogP contribution in [0.2, 0.25) is 0 Å². The van der Waals surface area contributed by atoms with Gasteiger partial charge in [-0.2, -0.15) is 10.1 Å². The third kappa shape index (κ3) is 3.96. The van der Waals surface area contributed by atoms with Gasteiger partial charge < -0.3 is 9.42 Å². The van der Waals surface area contributed by atoms with Gasteiger partial charge in [-0.15, -0.1) is 0 Å². The molecule has 0 spiro atoms. The lowest BCUT2D eigenvalue weighted by Gasteiger charge is -2.30. The van der Waals surface area contributed by atoms with E-state index in [2.05, 4.69) is 15.2 Å². The van der Waals surface area contributed by atoms with E-state index >= 15 is 0 Å². The number of carbonyl (C=O) groups excluding carboxylic acids is 1. The minimum Gasteiger partial charge on any atom is -0.339 e. The maximum absolute atomic E-state index is 13.9. The van der Waals surface area contributed by atoms with Crippen LogP contribution >= 0.6 is 0 Å². The number of hydrogen-bond donors (Lipinski definition) is 0. The maximum atomic E-state index is 13.9. The predicted octanol–water partition coefficient (Wildman–Crippen LogP) is 4.85. The third-order valence-electron chi connectivity index (χ3n) is 6.86. The monoisotopic (exact) mass is 493 g/mol. The van der Waals surface area contributed by atoms with Crippen LogP contribution in [0.3, 0.4) is 0 Å². The van der Waals surface area contributed by atoms with E-state index in [4.69, 9.17) is 4.52 Å². The molecule has 184 valence electrons. The fourth-order valence-electron chi connectivity index (χ4n) is 5.10. The van der Waals surface area contributed by atoms with Crippen LogP contribution in [0.1, 0.15) is 52.8 Å². The van der Waals surface area contributed by atoms with Gasteiger partial charge in [-0.05, 0) is 56.4 Å². The van der Waals surface area contributed by atoms with Gasteiger partial charge in [-0.1, -0.05) is 17.3 Å². The smallest absolute Gasteiger partial charge is 0.274 e. The molecule has 1 aliphatic carbocycles. The van der Waals surface area contributed by atoms with Crippen LogP contribution < -0.4 is 0 Å². The Hall–Kier alpha value is -3.95. The van der Waals surface area contributed by atoms with Crippen molar-refractivity contribution < 1.29 is 22.5 Å². The van der Waals surface area contributed by atoms with Gasteiger partial charge in [0.05, 0.1) is 11.6 Å². The van der Waals surface area contributed by atoms with Crippen LogP contribution in [-0.4, -0.2) is 43.8 Å². The van der Waals surface area contributed by atoms with Crippen molar-refractivity contribution in [3.8, 4) is 17.1 Å². The van der Waals surface area contributed by atoms with Crippen molar-refractivity contribution in [2.24, 2.45) is 0 Å². The number of piperidine rings is 1. The summed E-state index contributed by atoms with van der Waals surface area (Å²) in [4.78, 5) is 19.8. The van der Waals surface area contributed by atoms with Gasteiger partial charge in [-0.3, -0.25) is 4.79 Å². The highest BCUT2D eigenvalue weighted by Gasteiger charge is 2.34. The van der Waals surface area contributed by atoms with Crippen molar-refractivity contribution in [2.75, 3.05) is 13.1 Å². The lowest BCUT2D eigenvalue weighted by atomic mass is 9.97. The Balaban J connectivity index is 1.25. The lowest BCUT2D eigenvalue weighted by molar-refractivity contribution is 0.0688. The largest absolute Gasteiger partial charge is 0.339 e. The Kier molecular flexibility index (Phi) is 5.58. The van der Waals surface area contributed by atoms with E-state index in [0.717, 1.165) is 42.7 Å². The molecule has 2 aromatic heterocycles. The van der Waals surface area contributed by atoms with E-state index in [9.17, 15) is 18.0 Å². The van der Waals surface area contributed by atoms with Gasteiger partial charge in [0, 0.05) is 36.0 Å². The van der Waals surface area contributed by atoms with Crippen LogP contribution in [0.15, 0.2) is 47.0 Å². The molecule has 7 nitrogen and oxygen atoms in total. The quantitative estimate of drug-likeness (QED) is 0.406. The van der Waals surface area contributed by atoms with Gasteiger partial charge in [0.2, 0.25) is 11.7 Å². The van der Waals surface area contributed by atoms with Crippen LogP contribution in [-0.2, 0) is 12.8 Å². The second-order valence-electron chi connectivity index (χ2n) is 9.19. The van der Waals surface area contributed by atoms with Crippen molar-refractivity contribution >= 4 is 5.91 Å². The average Bonchev–Trinajstić information content (AvgIpc) is 3.63. The predicted molar refractivity (Wildman–Crippen MR) is 123 cm³/mol. The summed E-state index contributed by atoms with van der Waals surface area (Å²) in [5, 5.41) is 8.55. The zero-order chi connectivity index (χ0) is 24.8. The minimum absolute atomic E-state index is 0.154. The molecule has 0 radical (unpaired) electrons. The highest BCUT2D eigenvalue weighted by Crippen LogP contribution is 2.32. The second-order valence-corrected chi connectivity index (χ2v) is 9.19. The molecule has 1 saturated heterocycles. The molecule has 0 saturated carbocycles. The molecule has 3 heterocycles. The number of likely N-dealkylation sites (tertiary alicyclic amines) is 1. The first-order valence-corrected chi connectivity index (χ1v) is 11.9. The first-order chi connectivity index (χ1) is 17.5. The second kappa shape index (κ2) is 8.92. The van der Waals surface area contributed by atoms with Crippen LogP contribution in [0, 0.1) is 17.5 Å². The normalized spacial score (nSPS) is 17.4. The van der Waals surface area contributed by atoms with Gasteiger partial charge in [0.25, 0.3) is 5.91 Å². The zero-order valence-electron chi connectivity index (χ0n) is 19.3. The van der Waals surface area contributed by atoms with Crippen molar-refractivity contribution in [1.82, 2.24) is 24.8 Å². The summed E-state index contributed by atoms with van der Waals surface area (Å²) in [6.07, 6.45) is 3.81. The number of hydrogen-bond acceptors (Lipinski definition) is 5. The number of carbonyl (C=O) groups is 1. The number of rotatable bonds is 4. The van der Waals surface area contributed by atoms with Crippen molar-refractivity contribution in [3.05, 3.63) is 82.8 Å². The third-order valence-corrected chi connectivity index (χ3v) is 6.86. The van der Waals surface area contributed by atoms with Crippen LogP contribution in [0.25, 0.3) is 17.1 Å². The summed E-state index contributed by atoms with van der Waals surface area (Å²) in [5.74, 6) is -1.93. The van der Waals surface area contributed by atoms with Gasteiger partial charge >= 0.3 is 0 Å². The summed E-state index contributed by atoms with van der Waals surface area (Å²) in [6.45, 7) is 0.948. The summed E-state index contributed by atoms with van der Waals surface area (Å²) in [6, 6.07) is 9.60. The Morgan fingerprint density at radius 2 is 1.92 bits per heavy atom. The lowest BCUT2D eigenvalue weighted by Crippen LogP contribution is -2.39. The molecule has 4 aromatic rings. The van der Waals surface area contributed by atoms with E-state index in [1.807, 2.05) is 0 Å². The summed E-state index contributed by atoms with van der Waals surface area (Å²) in [7, 11) is 0. The van der Waals surface area contributed by atoms with Gasteiger partial charge in [0.1, 0.15) is 5.82 Å². The number of halogens is 3. The fraction of sp³-hybridized carbons (Fsp3) is 0.308. The molecule has 0 bridgehead atoms. The number of benzene rings is 2. The first-order valence-electron chi connectivity index (χ1n) is 11.9. The molecular formula is C26H22F3N5O2. The molecular weight excluding hydrogens is 471 g/mol.